The van der Waals surface area contributed by atoms with Crippen LogP contribution in [-0.4, -0.2) is 10.8 Å². The number of aryl methyl sites for hydroxylation is 2. The van der Waals surface area contributed by atoms with Crippen molar-refractivity contribution in [1.29, 1.82) is 0 Å². The molecule has 0 aliphatic heterocycles. The first-order chi connectivity index (χ1) is 9.88. The molecule has 0 bridgehead atoms. The molecule has 0 unspecified atom stereocenters. The van der Waals surface area contributed by atoms with Gasteiger partial charge in [-0.05, 0) is 53.5 Å². The Morgan fingerprint density at radius 1 is 1.19 bits per heavy atom. The van der Waals surface area contributed by atoms with E-state index in [1.165, 1.54) is 18.2 Å². The van der Waals surface area contributed by atoms with Crippen LogP contribution in [-0.2, 0) is 0 Å². The monoisotopic (exact) mass is 348 g/mol. The van der Waals surface area contributed by atoms with Crippen molar-refractivity contribution < 1.29 is 9.72 Å². The van der Waals surface area contributed by atoms with E-state index in [2.05, 4.69) is 21.2 Å². The molecular weight excluding hydrogens is 336 g/mol. The lowest BCUT2D eigenvalue weighted by atomic mass is 10.1. The van der Waals surface area contributed by atoms with Crippen LogP contribution in [0.2, 0.25) is 0 Å². The van der Waals surface area contributed by atoms with E-state index < -0.39 is 4.92 Å². The maximum Gasteiger partial charge on any atom is 0.269 e. The summed E-state index contributed by atoms with van der Waals surface area (Å²) in [7, 11) is 0. The van der Waals surface area contributed by atoms with Gasteiger partial charge in [0.1, 0.15) is 0 Å². The zero-order valence-corrected chi connectivity index (χ0v) is 13.1. The first kappa shape index (κ1) is 15.2. The molecule has 0 spiro atoms. The number of carbonyl (C=O) groups excluding carboxylic acids is 1. The molecule has 0 saturated heterocycles. The van der Waals surface area contributed by atoms with Crippen LogP contribution in [0.15, 0.2) is 40.9 Å². The van der Waals surface area contributed by atoms with Crippen molar-refractivity contribution in [1.82, 2.24) is 0 Å². The molecule has 2 rings (SSSR count). The zero-order chi connectivity index (χ0) is 15.6. The van der Waals surface area contributed by atoms with Gasteiger partial charge in [-0.3, -0.25) is 14.9 Å². The second kappa shape index (κ2) is 6.05. The topological polar surface area (TPSA) is 72.2 Å². The highest BCUT2D eigenvalue weighted by atomic mass is 79.9. The predicted molar refractivity (Wildman–Crippen MR) is 84.7 cm³/mol. The Morgan fingerprint density at radius 2 is 1.90 bits per heavy atom. The number of nitro groups is 1. The van der Waals surface area contributed by atoms with Gasteiger partial charge in [-0.25, -0.2) is 0 Å². The van der Waals surface area contributed by atoms with Gasteiger partial charge in [0.15, 0.2) is 0 Å². The van der Waals surface area contributed by atoms with Crippen LogP contribution < -0.4 is 5.32 Å². The van der Waals surface area contributed by atoms with Crippen molar-refractivity contribution in [3.05, 3.63) is 67.7 Å². The summed E-state index contributed by atoms with van der Waals surface area (Å²) in [5.74, 6) is -0.262. The number of nitrogens with one attached hydrogen (secondary N) is 1. The van der Waals surface area contributed by atoms with Crippen molar-refractivity contribution in [2.75, 3.05) is 5.32 Å². The second-order valence-electron chi connectivity index (χ2n) is 4.69. The van der Waals surface area contributed by atoms with Crippen LogP contribution in [0.25, 0.3) is 0 Å². The van der Waals surface area contributed by atoms with Crippen molar-refractivity contribution in [2.45, 2.75) is 13.8 Å². The minimum Gasteiger partial charge on any atom is -0.322 e. The molecule has 2 aromatic carbocycles. The molecule has 0 saturated carbocycles. The Balaban J connectivity index is 2.27. The van der Waals surface area contributed by atoms with E-state index in [1.807, 2.05) is 19.1 Å². The molecule has 1 N–H and O–H groups in total. The molecule has 0 aliphatic carbocycles. The van der Waals surface area contributed by atoms with Crippen molar-refractivity contribution in [3.63, 3.8) is 0 Å². The van der Waals surface area contributed by atoms with Gasteiger partial charge in [0.25, 0.3) is 11.6 Å². The van der Waals surface area contributed by atoms with E-state index in [0.29, 0.717) is 21.3 Å². The van der Waals surface area contributed by atoms with E-state index in [1.54, 1.807) is 13.0 Å². The van der Waals surface area contributed by atoms with Gasteiger partial charge in [0.05, 0.1) is 10.5 Å². The first-order valence-electron chi connectivity index (χ1n) is 6.21. The number of benzene rings is 2. The van der Waals surface area contributed by atoms with E-state index >= 15 is 0 Å². The quantitative estimate of drug-likeness (QED) is 0.666. The molecule has 0 radical (unpaired) electrons. The number of hydrogen-bond donors (Lipinski definition) is 1. The maximum absolute atomic E-state index is 12.3. The third-order valence-corrected chi connectivity index (χ3v) is 3.73. The number of carbonyl (C=O) groups is 1. The molecule has 1 amide bonds. The van der Waals surface area contributed by atoms with Crippen LogP contribution in [0.3, 0.4) is 0 Å². The molecule has 2 aromatic rings. The van der Waals surface area contributed by atoms with Gasteiger partial charge in [-0.1, -0.05) is 11.6 Å². The lowest BCUT2D eigenvalue weighted by molar-refractivity contribution is -0.384. The highest BCUT2D eigenvalue weighted by molar-refractivity contribution is 9.10. The van der Waals surface area contributed by atoms with Gasteiger partial charge in [0.2, 0.25) is 0 Å². The molecule has 0 fully saturated rings. The Hall–Kier alpha value is -2.21. The Labute approximate surface area is 130 Å². The van der Waals surface area contributed by atoms with Crippen molar-refractivity contribution in [3.8, 4) is 0 Å². The first-order valence-corrected chi connectivity index (χ1v) is 7.00. The highest BCUT2D eigenvalue weighted by Crippen LogP contribution is 2.24. The van der Waals surface area contributed by atoms with Crippen LogP contribution in [0.1, 0.15) is 21.5 Å². The summed E-state index contributed by atoms with van der Waals surface area (Å²) in [5, 5.41) is 13.5. The number of nitrogens with zero attached hydrogens (tertiary/aromatic N) is 1. The summed E-state index contributed by atoms with van der Waals surface area (Å²) in [6.07, 6.45) is 0. The third-order valence-electron chi connectivity index (χ3n) is 3.04. The number of halogens is 1. The lowest BCUT2D eigenvalue weighted by Gasteiger charge is -2.10. The summed E-state index contributed by atoms with van der Waals surface area (Å²) >= 11 is 3.34. The molecule has 0 heterocycles. The fourth-order valence-corrected chi connectivity index (χ4v) is 2.33. The number of hydrogen-bond acceptors (Lipinski definition) is 3. The number of anilines is 1. The maximum atomic E-state index is 12.3. The Bertz CT molecular complexity index is 729. The smallest absolute Gasteiger partial charge is 0.269 e. The van der Waals surface area contributed by atoms with Crippen LogP contribution in [0.4, 0.5) is 11.4 Å². The number of rotatable bonds is 3. The SMILES string of the molecule is Cc1ccc(Br)c(C(=O)Nc2ccc([N+](=O)[O-])cc2C)c1. The summed E-state index contributed by atoms with van der Waals surface area (Å²) in [5.41, 5.74) is 2.69. The van der Waals surface area contributed by atoms with E-state index in [-0.39, 0.29) is 11.6 Å². The summed E-state index contributed by atoms with van der Waals surface area (Å²) in [6, 6.07) is 9.83. The van der Waals surface area contributed by atoms with Gasteiger partial charge in [-0.2, -0.15) is 0 Å². The largest absolute Gasteiger partial charge is 0.322 e. The number of nitro benzene ring substituents is 1. The highest BCUT2D eigenvalue weighted by Gasteiger charge is 2.13. The molecule has 5 nitrogen and oxygen atoms in total. The molecule has 0 atom stereocenters. The molecular formula is C15H13BrN2O3. The van der Waals surface area contributed by atoms with Gasteiger partial charge in [0, 0.05) is 22.3 Å². The van der Waals surface area contributed by atoms with E-state index in [0.717, 1.165) is 5.56 Å². The van der Waals surface area contributed by atoms with Gasteiger partial charge in [-0.15, -0.1) is 0 Å². The fourth-order valence-electron chi connectivity index (χ4n) is 1.90. The summed E-state index contributed by atoms with van der Waals surface area (Å²) < 4.78 is 0.699. The minimum atomic E-state index is -0.463. The minimum absolute atomic E-state index is 0.00207. The Kier molecular flexibility index (Phi) is 4.37. The average molecular weight is 349 g/mol. The standard InChI is InChI=1S/C15H13BrN2O3/c1-9-3-5-13(16)12(7-9)15(19)17-14-6-4-11(18(20)21)8-10(14)2/h3-8H,1-2H3,(H,17,19). The van der Waals surface area contributed by atoms with Gasteiger partial charge >= 0.3 is 0 Å². The van der Waals surface area contributed by atoms with Crippen molar-refractivity contribution >= 4 is 33.2 Å². The second-order valence-corrected chi connectivity index (χ2v) is 5.55. The zero-order valence-electron chi connectivity index (χ0n) is 11.5. The predicted octanol–water partition coefficient (Wildman–Crippen LogP) is 4.23. The average Bonchev–Trinajstić information content (AvgIpc) is 2.43. The van der Waals surface area contributed by atoms with Crippen LogP contribution in [0.5, 0.6) is 0 Å². The van der Waals surface area contributed by atoms with Crippen molar-refractivity contribution in [2.24, 2.45) is 0 Å². The van der Waals surface area contributed by atoms with Gasteiger partial charge < -0.3 is 5.32 Å². The van der Waals surface area contributed by atoms with Crippen LogP contribution in [0, 0.1) is 24.0 Å². The number of amides is 1. The summed E-state index contributed by atoms with van der Waals surface area (Å²) in [6.45, 7) is 3.62. The molecule has 108 valence electrons. The molecule has 0 aromatic heterocycles. The Morgan fingerprint density at radius 3 is 2.52 bits per heavy atom. The molecule has 21 heavy (non-hydrogen) atoms. The lowest BCUT2D eigenvalue weighted by Crippen LogP contribution is -2.13. The van der Waals surface area contributed by atoms with E-state index in [9.17, 15) is 14.9 Å². The third kappa shape index (κ3) is 3.46. The summed E-state index contributed by atoms with van der Waals surface area (Å²) in [4.78, 5) is 22.5. The molecule has 6 heteroatoms. The fraction of sp³-hybridized carbons (Fsp3) is 0.133. The number of non-ortho nitro benzene ring substituents is 1. The van der Waals surface area contributed by atoms with Crippen LogP contribution >= 0.6 is 15.9 Å². The normalized spacial score (nSPS) is 10.2. The van der Waals surface area contributed by atoms with E-state index in [4.69, 9.17) is 0 Å². The molecule has 0 aliphatic rings.